The van der Waals surface area contributed by atoms with Gasteiger partial charge in [0.05, 0.1) is 5.39 Å². The van der Waals surface area contributed by atoms with E-state index in [2.05, 4.69) is 20.9 Å². The van der Waals surface area contributed by atoms with Crippen molar-refractivity contribution in [2.75, 3.05) is 19.0 Å². The molecular formula is C12H11N3O. The van der Waals surface area contributed by atoms with Gasteiger partial charge in [0.25, 0.3) is 0 Å². The maximum Gasteiger partial charge on any atom is 0.230 e. The zero-order valence-corrected chi connectivity index (χ0v) is 9.14. The molecule has 0 aliphatic heterocycles. The Labute approximate surface area is 92.5 Å². The Hall–Kier alpha value is -2.10. The standard InChI is InChI=1S/C12H11N3O/c1-15(2)8-3-4-11-9(5-8)10-6-13-7-14-12(10)16-11/h3-7H,1-2H3. The molecule has 3 rings (SSSR count). The van der Waals surface area contributed by atoms with Crippen LogP contribution in [0.15, 0.2) is 35.1 Å². The molecule has 2 aromatic heterocycles. The van der Waals surface area contributed by atoms with E-state index in [1.165, 1.54) is 6.33 Å². The summed E-state index contributed by atoms with van der Waals surface area (Å²) in [6.07, 6.45) is 3.28. The number of hydrogen-bond acceptors (Lipinski definition) is 4. The Bertz CT molecular complexity index is 657. The molecule has 0 saturated carbocycles. The second-order valence-corrected chi connectivity index (χ2v) is 3.92. The molecule has 0 aliphatic carbocycles. The number of benzene rings is 1. The summed E-state index contributed by atoms with van der Waals surface area (Å²) in [5.41, 5.74) is 2.63. The number of hydrogen-bond donors (Lipinski definition) is 0. The quantitative estimate of drug-likeness (QED) is 0.622. The molecule has 0 atom stereocenters. The van der Waals surface area contributed by atoms with Crippen molar-refractivity contribution in [3.05, 3.63) is 30.7 Å². The second kappa shape index (κ2) is 3.20. The molecule has 0 unspecified atom stereocenters. The molecule has 0 bridgehead atoms. The van der Waals surface area contributed by atoms with Gasteiger partial charge in [0, 0.05) is 31.4 Å². The van der Waals surface area contributed by atoms with Crippen LogP contribution in [-0.4, -0.2) is 24.1 Å². The van der Waals surface area contributed by atoms with Crippen molar-refractivity contribution in [3.63, 3.8) is 0 Å². The van der Waals surface area contributed by atoms with Crippen LogP contribution in [0.2, 0.25) is 0 Å². The first-order chi connectivity index (χ1) is 7.75. The lowest BCUT2D eigenvalue weighted by atomic mass is 10.2. The van der Waals surface area contributed by atoms with E-state index in [1.54, 1.807) is 6.20 Å². The zero-order valence-electron chi connectivity index (χ0n) is 9.14. The number of nitrogens with zero attached hydrogens (tertiary/aromatic N) is 3. The number of aromatic nitrogens is 2. The van der Waals surface area contributed by atoms with Crippen molar-refractivity contribution in [1.29, 1.82) is 0 Å². The molecule has 0 radical (unpaired) electrons. The minimum Gasteiger partial charge on any atom is -0.438 e. The Morgan fingerprint density at radius 3 is 2.88 bits per heavy atom. The van der Waals surface area contributed by atoms with E-state index < -0.39 is 0 Å². The third-order valence-electron chi connectivity index (χ3n) is 2.65. The summed E-state index contributed by atoms with van der Waals surface area (Å²) in [4.78, 5) is 10.2. The highest BCUT2D eigenvalue weighted by atomic mass is 16.3. The highest BCUT2D eigenvalue weighted by Crippen LogP contribution is 2.29. The van der Waals surface area contributed by atoms with Crippen molar-refractivity contribution in [2.45, 2.75) is 0 Å². The van der Waals surface area contributed by atoms with Gasteiger partial charge in [-0.25, -0.2) is 9.97 Å². The summed E-state index contributed by atoms with van der Waals surface area (Å²) in [7, 11) is 4.03. The molecule has 2 heterocycles. The van der Waals surface area contributed by atoms with Crippen LogP contribution in [0.1, 0.15) is 0 Å². The number of furan rings is 1. The Kier molecular flexibility index (Phi) is 1.83. The van der Waals surface area contributed by atoms with Gasteiger partial charge in [-0.2, -0.15) is 0 Å². The third-order valence-corrected chi connectivity index (χ3v) is 2.65. The van der Waals surface area contributed by atoms with Crippen LogP contribution in [0.4, 0.5) is 5.69 Å². The fraction of sp³-hybridized carbons (Fsp3) is 0.167. The van der Waals surface area contributed by atoms with Crippen molar-refractivity contribution in [1.82, 2.24) is 9.97 Å². The summed E-state index contributed by atoms with van der Waals surface area (Å²) < 4.78 is 5.62. The second-order valence-electron chi connectivity index (χ2n) is 3.92. The number of fused-ring (bicyclic) bond motifs is 3. The van der Waals surface area contributed by atoms with E-state index in [9.17, 15) is 0 Å². The lowest BCUT2D eigenvalue weighted by Crippen LogP contribution is -2.07. The fourth-order valence-electron chi connectivity index (χ4n) is 1.78. The van der Waals surface area contributed by atoms with Gasteiger partial charge in [0.15, 0.2) is 0 Å². The van der Waals surface area contributed by atoms with Gasteiger partial charge < -0.3 is 9.32 Å². The topological polar surface area (TPSA) is 42.2 Å². The highest BCUT2D eigenvalue weighted by Gasteiger charge is 2.08. The average Bonchev–Trinajstić information content (AvgIpc) is 2.66. The Morgan fingerprint density at radius 2 is 2.06 bits per heavy atom. The average molecular weight is 213 g/mol. The highest BCUT2D eigenvalue weighted by molar-refractivity contribution is 6.04. The van der Waals surface area contributed by atoms with Gasteiger partial charge in [-0.1, -0.05) is 0 Å². The van der Waals surface area contributed by atoms with E-state index in [1.807, 2.05) is 26.2 Å². The van der Waals surface area contributed by atoms with Gasteiger partial charge in [-0.05, 0) is 18.2 Å². The maximum absolute atomic E-state index is 5.62. The summed E-state index contributed by atoms with van der Waals surface area (Å²) in [5.74, 6) is 0. The minimum absolute atomic E-state index is 0.640. The van der Waals surface area contributed by atoms with Gasteiger partial charge in [-0.15, -0.1) is 0 Å². The van der Waals surface area contributed by atoms with E-state index in [0.717, 1.165) is 22.0 Å². The first kappa shape index (κ1) is 9.15. The lowest BCUT2D eigenvalue weighted by molar-refractivity contribution is 0.653. The molecule has 3 aromatic rings. The summed E-state index contributed by atoms with van der Waals surface area (Å²) in [6, 6.07) is 6.08. The molecule has 1 aromatic carbocycles. The molecule has 0 spiro atoms. The van der Waals surface area contributed by atoms with Crippen molar-refractivity contribution in [2.24, 2.45) is 0 Å². The van der Waals surface area contributed by atoms with E-state index in [4.69, 9.17) is 4.42 Å². The lowest BCUT2D eigenvalue weighted by Gasteiger charge is -2.11. The Morgan fingerprint density at radius 1 is 1.19 bits per heavy atom. The maximum atomic E-state index is 5.62. The number of anilines is 1. The largest absolute Gasteiger partial charge is 0.438 e. The van der Waals surface area contributed by atoms with Crippen LogP contribution in [-0.2, 0) is 0 Å². The summed E-state index contributed by atoms with van der Waals surface area (Å²) in [5, 5.41) is 2.02. The van der Waals surface area contributed by atoms with Crippen molar-refractivity contribution >= 4 is 27.8 Å². The van der Waals surface area contributed by atoms with E-state index in [-0.39, 0.29) is 0 Å². The Balaban J connectivity index is 2.40. The van der Waals surface area contributed by atoms with E-state index >= 15 is 0 Å². The molecule has 0 aliphatic rings. The monoisotopic (exact) mass is 213 g/mol. The smallest absolute Gasteiger partial charge is 0.230 e. The van der Waals surface area contributed by atoms with Gasteiger partial charge >= 0.3 is 0 Å². The molecule has 16 heavy (non-hydrogen) atoms. The van der Waals surface area contributed by atoms with Crippen LogP contribution in [0.5, 0.6) is 0 Å². The van der Waals surface area contributed by atoms with Crippen LogP contribution >= 0.6 is 0 Å². The first-order valence-electron chi connectivity index (χ1n) is 5.05. The van der Waals surface area contributed by atoms with Gasteiger partial charge in [0.1, 0.15) is 11.9 Å². The first-order valence-corrected chi connectivity index (χ1v) is 5.05. The molecular weight excluding hydrogens is 202 g/mol. The van der Waals surface area contributed by atoms with Crippen molar-refractivity contribution < 1.29 is 4.42 Å². The zero-order chi connectivity index (χ0) is 11.1. The SMILES string of the molecule is CN(C)c1ccc2oc3ncncc3c2c1. The predicted molar refractivity (Wildman–Crippen MR) is 63.6 cm³/mol. The summed E-state index contributed by atoms with van der Waals surface area (Å²) >= 11 is 0. The molecule has 0 amide bonds. The molecule has 4 nitrogen and oxygen atoms in total. The fourth-order valence-corrected chi connectivity index (χ4v) is 1.78. The molecule has 4 heteroatoms. The normalized spacial score (nSPS) is 11.1. The third kappa shape index (κ3) is 1.23. The molecule has 0 saturated heterocycles. The van der Waals surface area contributed by atoms with Crippen LogP contribution in [0.25, 0.3) is 22.1 Å². The van der Waals surface area contributed by atoms with Crippen LogP contribution in [0, 0.1) is 0 Å². The van der Waals surface area contributed by atoms with Gasteiger partial charge in [-0.3, -0.25) is 0 Å². The molecule has 80 valence electrons. The van der Waals surface area contributed by atoms with Crippen molar-refractivity contribution in [3.8, 4) is 0 Å². The summed E-state index contributed by atoms with van der Waals surface area (Å²) in [6.45, 7) is 0. The number of rotatable bonds is 1. The van der Waals surface area contributed by atoms with E-state index in [0.29, 0.717) is 5.71 Å². The molecule has 0 N–H and O–H groups in total. The minimum atomic E-state index is 0.640. The van der Waals surface area contributed by atoms with Gasteiger partial charge in [0.2, 0.25) is 5.71 Å². The predicted octanol–water partition coefficient (Wildman–Crippen LogP) is 2.44. The molecule has 0 fully saturated rings. The van der Waals surface area contributed by atoms with Crippen LogP contribution < -0.4 is 4.90 Å². The van der Waals surface area contributed by atoms with Crippen LogP contribution in [0.3, 0.4) is 0 Å².